The molecule has 0 atom stereocenters. The summed E-state index contributed by atoms with van der Waals surface area (Å²) in [6, 6.07) is 75.5. The van der Waals surface area contributed by atoms with Crippen molar-refractivity contribution in [2.24, 2.45) is 0 Å². The lowest BCUT2D eigenvalue weighted by Gasteiger charge is -1.99. The van der Waals surface area contributed by atoms with Gasteiger partial charge in [0.2, 0.25) is 0 Å². The van der Waals surface area contributed by atoms with E-state index < -0.39 is 0 Å². The molecule has 9 aromatic rings. The lowest BCUT2D eigenvalue weighted by atomic mass is 10.0. The molecule has 0 saturated heterocycles. The van der Waals surface area contributed by atoms with Crippen LogP contribution in [0.15, 0.2) is 231 Å². The van der Waals surface area contributed by atoms with Gasteiger partial charge in [0.05, 0.1) is 0 Å². The van der Waals surface area contributed by atoms with Crippen LogP contribution in [0.2, 0.25) is 0 Å². The Hall–Kier alpha value is -10.5. The molecule has 9 aromatic carbocycles. The van der Waals surface area contributed by atoms with Gasteiger partial charge in [0, 0.05) is 89.0 Å². The molecule has 70 heavy (non-hydrogen) atoms. The standard InChI is InChI=1S/C70H38/c1-3-21-55(22-4-1)39-41-57-25-7-9-27-59(57)43-45-61-29-11-13-31-63(61)47-49-65-33-15-17-35-67(65)51-53-69-37-19-20-38-70(69)54-52-68-36-18-16-34-66(68)50-48-64-32-14-12-30-62(64)46-44-60-28-10-8-26-58(60)42-40-56-23-5-2-6-24-56/h1-38H. The maximum Gasteiger partial charge on any atom is 0.0405 e. The van der Waals surface area contributed by atoms with E-state index in [0.29, 0.717) is 0 Å². The second-order valence-corrected chi connectivity index (χ2v) is 15.6. The Morgan fingerprint density at radius 1 is 0.114 bits per heavy atom. The smallest absolute Gasteiger partial charge is 0.0405 e. The summed E-state index contributed by atoms with van der Waals surface area (Å²) in [6.07, 6.45) is 0. The minimum absolute atomic E-state index is 0.816. The Kier molecular flexibility index (Phi) is 14.7. The SMILES string of the molecule is C(#Cc1ccccc1C#Cc1ccccc1C#Cc1ccccc1C#Cc1ccccc1C#Cc1ccccc1C#Cc1ccccc1C#Cc1ccccc1C#Cc1ccccc1)c1ccccc1. The van der Waals surface area contributed by atoms with Gasteiger partial charge in [-0.25, -0.2) is 0 Å². The molecule has 0 radical (unpaired) electrons. The predicted octanol–water partition coefficient (Wildman–Crippen LogP) is 12.9. The average molecular weight is 879 g/mol. The summed E-state index contributed by atoms with van der Waals surface area (Å²) < 4.78 is 0. The molecule has 0 aliphatic carbocycles. The van der Waals surface area contributed by atoms with Crippen molar-refractivity contribution in [3.8, 4) is 94.7 Å². The maximum absolute atomic E-state index is 3.39. The molecule has 0 heteroatoms. The monoisotopic (exact) mass is 878 g/mol. The van der Waals surface area contributed by atoms with E-state index in [1.165, 1.54) is 0 Å². The summed E-state index contributed by atoms with van der Waals surface area (Å²) in [6.45, 7) is 0. The van der Waals surface area contributed by atoms with E-state index in [-0.39, 0.29) is 0 Å². The molecule has 0 aliphatic heterocycles. The molecule has 318 valence electrons. The van der Waals surface area contributed by atoms with Crippen molar-refractivity contribution in [3.63, 3.8) is 0 Å². The molecule has 0 nitrogen and oxygen atoms in total. The van der Waals surface area contributed by atoms with Crippen LogP contribution in [-0.2, 0) is 0 Å². The van der Waals surface area contributed by atoms with Crippen molar-refractivity contribution in [2.75, 3.05) is 0 Å². The fourth-order valence-electron chi connectivity index (χ4n) is 7.04. The molecule has 0 aliphatic rings. The molecular formula is C70H38. The fourth-order valence-corrected chi connectivity index (χ4v) is 7.04. The largest absolute Gasteiger partial charge is 0.0622 e. The highest BCUT2D eigenvalue weighted by atomic mass is 14.1. The van der Waals surface area contributed by atoms with E-state index in [1.807, 2.05) is 231 Å². The molecule has 0 bridgehead atoms. The third-order valence-electron chi connectivity index (χ3n) is 10.7. The minimum Gasteiger partial charge on any atom is -0.0622 e. The van der Waals surface area contributed by atoms with Gasteiger partial charge in [0.1, 0.15) is 0 Å². The third-order valence-corrected chi connectivity index (χ3v) is 10.7. The molecule has 0 amide bonds. The minimum atomic E-state index is 0.816. The van der Waals surface area contributed by atoms with Crippen molar-refractivity contribution in [3.05, 3.63) is 320 Å². The first-order valence-electron chi connectivity index (χ1n) is 22.6. The van der Waals surface area contributed by atoms with E-state index in [2.05, 4.69) is 94.7 Å². The summed E-state index contributed by atoms with van der Waals surface area (Å²) in [5, 5.41) is 0. The molecule has 0 unspecified atom stereocenters. The zero-order valence-corrected chi connectivity index (χ0v) is 37.9. The lowest BCUT2D eigenvalue weighted by molar-refractivity contribution is 1.55. The Morgan fingerprint density at radius 3 is 0.371 bits per heavy atom. The number of hydrogen-bond donors (Lipinski definition) is 0. The van der Waals surface area contributed by atoms with Crippen molar-refractivity contribution >= 4 is 0 Å². The number of rotatable bonds is 0. The van der Waals surface area contributed by atoms with Gasteiger partial charge in [0.15, 0.2) is 0 Å². The van der Waals surface area contributed by atoms with Crippen LogP contribution < -0.4 is 0 Å². The second kappa shape index (κ2) is 23.1. The molecule has 9 rings (SSSR count). The van der Waals surface area contributed by atoms with Crippen LogP contribution in [0.25, 0.3) is 0 Å². The zero-order chi connectivity index (χ0) is 47.4. The lowest BCUT2D eigenvalue weighted by Crippen LogP contribution is -1.88. The number of hydrogen-bond acceptors (Lipinski definition) is 0. The van der Waals surface area contributed by atoms with Gasteiger partial charge < -0.3 is 0 Å². The molecular weight excluding hydrogens is 841 g/mol. The van der Waals surface area contributed by atoms with E-state index in [4.69, 9.17) is 0 Å². The van der Waals surface area contributed by atoms with Crippen molar-refractivity contribution in [1.82, 2.24) is 0 Å². The first kappa shape index (κ1) is 44.7. The Labute approximate surface area is 412 Å². The normalized spacial score (nSPS) is 9.37. The average Bonchev–Trinajstić information content (AvgIpc) is 3.42. The summed E-state index contributed by atoms with van der Waals surface area (Å²) in [5.74, 6) is 53.5. The van der Waals surface area contributed by atoms with Crippen LogP contribution in [0.4, 0.5) is 0 Å². The molecule has 0 spiro atoms. The van der Waals surface area contributed by atoms with Crippen molar-refractivity contribution in [1.29, 1.82) is 0 Å². The van der Waals surface area contributed by atoms with Crippen LogP contribution in [0.3, 0.4) is 0 Å². The van der Waals surface area contributed by atoms with Gasteiger partial charge in [-0.2, -0.15) is 0 Å². The Bertz CT molecular complexity index is 3660. The van der Waals surface area contributed by atoms with Crippen LogP contribution in [-0.4, -0.2) is 0 Å². The van der Waals surface area contributed by atoms with E-state index in [9.17, 15) is 0 Å². The van der Waals surface area contributed by atoms with Crippen LogP contribution >= 0.6 is 0 Å². The van der Waals surface area contributed by atoms with Gasteiger partial charge in [-0.3, -0.25) is 0 Å². The highest BCUT2D eigenvalue weighted by molar-refractivity contribution is 5.63. The second-order valence-electron chi connectivity index (χ2n) is 15.6. The van der Waals surface area contributed by atoms with Crippen molar-refractivity contribution in [2.45, 2.75) is 0 Å². The van der Waals surface area contributed by atoms with Gasteiger partial charge in [-0.1, -0.05) is 216 Å². The van der Waals surface area contributed by atoms with Crippen LogP contribution in [0, 0.1) is 94.7 Å². The zero-order valence-electron chi connectivity index (χ0n) is 37.9. The summed E-state index contributed by atoms with van der Waals surface area (Å²) in [7, 11) is 0. The molecule has 0 aromatic heterocycles. The molecule has 0 N–H and O–H groups in total. The van der Waals surface area contributed by atoms with Gasteiger partial charge in [-0.15, -0.1) is 0 Å². The van der Waals surface area contributed by atoms with E-state index in [0.717, 1.165) is 89.0 Å². The molecule has 0 fully saturated rings. The van der Waals surface area contributed by atoms with Gasteiger partial charge in [-0.05, 0) is 109 Å². The summed E-state index contributed by atoms with van der Waals surface area (Å²) in [5.41, 5.74) is 13.6. The Morgan fingerprint density at radius 2 is 0.229 bits per heavy atom. The van der Waals surface area contributed by atoms with Gasteiger partial charge >= 0.3 is 0 Å². The molecule has 0 heterocycles. The molecule has 0 saturated carbocycles. The first-order valence-corrected chi connectivity index (χ1v) is 22.6. The fraction of sp³-hybridized carbons (Fsp3) is 0. The summed E-state index contributed by atoms with van der Waals surface area (Å²) in [4.78, 5) is 0. The first-order chi connectivity index (χ1) is 34.7. The highest BCUT2D eigenvalue weighted by Gasteiger charge is 2.03. The maximum atomic E-state index is 3.39. The van der Waals surface area contributed by atoms with Crippen molar-refractivity contribution < 1.29 is 0 Å². The van der Waals surface area contributed by atoms with Crippen LogP contribution in [0.5, 0.6) is 0 Å². The van der Waals surface area contributed by atoms with Crippen LogP contribution in [0.1, 0.15) is 89.0 Å². The highest BCUT2D eigenvalue weighted by Crippen LogP contribution is 2.15. The number of benzene rings is 9. The third kappa shape index (κ3) is 12.2. The predicted molar refractivity (Wildman–Crippen MR) is 286 cm³/mol. The van der Waals surface area contributed by atoms with E-state index >= 15 is 0 Å². The Balaban J connectivity index is 0.940. The topological polar surface area (TPSA) is 0 Å². The summed E-state index contributed by atoms with van der Waals surface area (Å²) >= 11 is 0. The van der Waals surface area contributed by atoms with E-state index in [1.54, 1.807) is 0 Å². The van der Waals surface area contributed by atoms with Gasteiger partial charge in [0.25, 0.3) is 0 Å². The quantitative estimate of drug-likeness (QED) is 0.133.